The molecule has 228 valence electrons. The lowest BCUT2D eigenvalue weighted by Gasteiger charge is -2.71. The van der Waals surface area contributed by atoms with E-state index in [0.717, 1.165) is 9.80 Å². The minimum absolute atomic E-state index is 0.00833. The van der Waals surface area contributed by atoms with Gasteiger partial charge in [-0.25, -0.2) is 9.97 Å². The summed E-state index contributed by atoms with van der Waals surface area (Å²) < 4.78 is 17.1. The third kappa shape index (κ3) is 5.85. The molecule has 3 aromatic heterocycles. The van der Waals surface area contributed by atoms with Gasteiger partial charge in [-0.05, 0) is 61.6 Å². The minimum Gasteiger partial charge on any atom is -0.506 e. The van der Waals surface area contributed by atoms with Gasteiger partial charge in [-0.15, -0.1) is 5.10 Å². The van der Waals surface area contributed by atoms with Crippen LogP contribution < -0.4 is 20.3 Å². The molecule has 1 spiro atoms. The van der Waals surface area contributed by atoms with Gasteiger partial charge in [0.2, 0.25) is 11.8 Å². The van der Waals surface area contributed by atoms with Crippen LogP contribution >= 0.6 is 0 Å². The first-order valence-electron chi connectivity index (χ1n) is 16.1. The van der Waals surface area contributed by atoms with Crippen LogP contribution in [0, 0.1) is 0 Å². The first kappa shape index (κ1) is 41.6. The molecular weight excluding hydrogens is 679 g/mol. The Morgan fingerprint density at radius 3 is 1.96 bits per heavy atom. The molecule has 0 amide bonds. The number of hydrogen-bond acceptors (Lipinski definition) is 11. The molecule has 3 fully saturated rings. The molecule has 3 saturated heterocycles. The molecule has 56 heavy (non-hydrogen) atoms. The van der Waals surface area contributed by atoms with E-state index in [0.29, 0.717) is 0 Å². The summed E-state index contributed by atoms with van der Waals surface area (Å²) in [5, 5.41) is -18.2. The van der Waals surface area contributed by atoms with Gasteiger partial charge in [-0.3, -0.25) is 0 Å². The second kappa shape index (κ2) is 12.2. The van der Waals surface area contributed by atoms with Crippen molar-refractivity contribution in [1.82, 2.24) is 29.5 Å². The van der Waals surface area contributed by atoms with Crippen molar-refractivity contribution in [3.63, 3.8) is 0 Å². The Morgan fingerprint density at radius 2 is 1.41 bits per heavy atom. The molecule has 12 nitrogen and oxygen atoms in total. The maximum atomic E-state index is 7.16. The minimum atomic E-state index is -2.51. The smallest absolute Gasteiger partial charge is 0.266 e. The van der Waals surface area contributed by atoms with Crippen molar-refractivity contribution in [3.8, 4) is 17.5 Å². The van der Waals surface area contributed by atoms with Crippen LogP contribution in [0.25, 0.3) is 17.4 Å². The number of nitrogens with two attached hydrogens (primary N) is 1. The number of hydrogen-bond donors (Lipinski definition) is 1. The zero-order chi connectivity index (χ0) is 41.7. The Labute approximate surface area is 349 Å². The van der Waals surface area contributed by atoms with E-state index in [1.807, 2.05) is 0 Å². The molecule has 0 saturated carbocycles. The van der Waals surface area contributed by atoms with E-state index in [4.69, 9.17) is 161 Å². The first-order valence-corrected chi connectivity index (χ1v) is 16.1. The Kier molecular flexibility index (Phi) is 9.07. The highest BCUT2D eigenvalue weighted by molar-refractivity contribution is 6.92. The van der Waals surface area contributed by atoms with Crippen molar-refractivity contribution >= 4 is 179 Å². The van der Waals surface area contributed by atoms with Gasteiger partial charge in [0.15, 0.2) is 5.65 Å². The molecule has 4 aromatic rings. The number of benzene rings is 1. The predicted octanol–water partition coefficient (Wildman–Crippen LogP) is -8.69. The molecule has 3 atom stereocenters. The first-order chi connectivity index (χ1) is 25.4. The molecule has 6 heterocycles. The molecule has 32 heteroatoms. The highest BCUT2D eigenvalue weighted by Gasteiger charge is 2.84. The molecule has 3 aliphatic rings. The summed E-state index contributed by atoms with van der Waals surface area (Å²) in [4.78, 5) is 16.3. The predicted molar refractivity (Wildman–Crippen MR) is 228 cm³/mol. The van der Waals surface area contributed by atoms with Gasteiger partial charge in [0, 0.05) is 22.6 Å². The number of oxazole rings is 1. The summed E-state index contributed by atoms with van der Waals surface area (Å²) in [6.45, 7) is 0. The average molecular weight is 688 g/mol. The highest BCUT2D eigenvalue weighted by atomic mass is 16.6. The molecule has 0 bridgehead atoms. The lowest BCUT2D eigenvalue weighted by atomic mass is 9.29. The summed E-state index contributed by atoms with van der Waals surface area (Å²) in [6.07, 6.45) is 2.74. The van der Waals surface area contributed by atoms with Crippen LogP contribution in [0.1, 0.15) is 0 Å². The number of aromatic nitrogens is 5. The SMILES string of the molecule is [B]C([B])([B])OC([B])([B])C([B])([B])Oc1ccc(N2C([B])([B])C([B])([B])N3C([B])([B])C([B])(N(c4cc5nc(-c6ncco6)nn5c(N)n4)C([B])([B])[B])[B]C34[B]C24[B])cc1. The van der Waals surface area contributed by atoms with Crippen LogP contribution in [-0.2, 0) is 4.74 Å². The van der Waals surface area contributed by atoms with Crippen LogP contribution in [0.4, 0.5) is 17.5 Å². The molecule has 38 radical (unpaired) electrons. The Balaban J connectivity index is 1.28. The summed E-state index contributed by atoms with van der Waals surface area (Å²) in [6, 6.07) is 6.98. The number of nitrogens with zero attached hydrogens (tertiary/aromatic N) is 8. The molecular formula is C24H9B20N9O3. The molecule has 0 aliphatic carbocycles. The van der Waals surface area contributed by atoms with Crippen LogP contribution in [0.5, 0.6) is 5.75 Å². The topological polar surface area (TPSA) is 123 Å². The zero-order valence-electron chi connectivity index (χ0n) is 29.5. The van der Waals surface area contributed by atoms with E-state index >= 15 is 0 Å². The quantitative estimate of drug-likeness (QED) is 0.160. The maximum absolute atomic E-state index is 7.16. The summed E-state index contributed by atoms with van der Waals surface area (Å²) >= 11 is 0. The van der Waals surface area contributed by atoms with Crippen LogP contribution in [0.3, 0.4) is 0 Å². The number of ether oxygens (including phenoxy) is 2. The fourth-order valence-electron chi connectivity index (χ4n) is 7.35. The second-order valence-corrected chi connectivity index (χ2v) is 14.3. The van der Waals surface area contributed by atoms with E-state index in [9.17, 15) is 0 Å². The van der Waals surface area contributed by atoms with Gasteiger partial charge >= 0.3 is 0 Å². The van der Waals surface area contributed by atoms with Crippen molar-refractivity contribution in [3.05, 3.63) is 42.8 Å². The molecule has 3 unspecified atom stereocenters. The normalized spacial score (nSPS) is 26.7. The monoisotopic (exact) mass is 691 g/mol. The van der Waals surface area contributed by atoms with E-state index in [2.05, 4.69) is 20.1 Å². The van der Waals surface area contributed by atoms with Gasteiger partial charge in [-0.1, -0.05) is 5.24 Å². The zero-order valence-corrected chi connectivity index (χ0v) is 29.5. The average Bonchev–Trinajstić information content (AvgIpc) is 3.45. The Morgan fingerprint density at radius 1 is 0.786 bits per heavy atom. The van der Waals surface area contributed by atoms with Crippen molar-refractivity contribution < 1.29 is 13.9 Å². The molecule has 3 aliphatic heterocycles. The molecule has 1 aromatic carbocycles. The van der Waals surface area contributed by atoms with E-state index in [-0.39, 0.29) is 40.6 Å². The number of fused-ring (bicyclic) bond motifs is 1. The van der Waals surface area contributed by atoms with Crippen molar-refractivity contribution in [2.45, 2.75) is 53.4 Å². The lowest BCUT2D eigenvalue weighted by molar-refractivity contribution is 0.00241. The Hall–Kier alpha value is -2.60. The maximum Gasteiger partial charge on any atom is 0.266 e. The third-order valence-electron chi connectivity index (χ3n) is 9.86. The van der Waals surface area contributed by atoms with Crippen molar-refractivity contribution in [1.29, 1.82) is 0 Å². The fourth-order valence-corrected chi connectivity index (χ4v) is 7.35. The van der Waals surface area contributed by atoms with Crippen molar-refractivity contribution in [2.75, 3.05) is 15.5 Å². The van der Waals surface area contributed by atoms with E-state index < -0.39 is 53.4 Å². The lowest BCUT2D eigenvalue weighted by Crippen LogP contribution is -2.86. The summed E-state index contributed by atoms with van der Waals surface area (Å²) in [5.74, 6) is -0.256. The highest BCUT2D eigenvalue weighted by Crippen LogP contribution is 2.64. The standard InChI is InChI=1S/C24H9B20N9O3/c25-15(26)16(27,28)53-17(29,30)20(35,52(23(37,38)39)11-7-10-47-12(13-46-5-6-54-13)49-50(10)14(45)48-11)43-22(53)21(36,44-22)51(15)8-1-3-9(4-2-8)55-18(31,32)19(33,34)56-24(40,41)42/h1-7H,(H2,45,48). The molecule has 7 rings (SSSR count). The van der Waals surface area contributed by atoms with Crippen LogP contribution in [-0.4, -0.2) is 239 Å². The van der Waals surface area contributed by atoms with Gasteiger partial charge in [-0.2, -0.15) is 9.50 Å². The number of nitrogen functional groups attached to an aromatic ring is 1. The fraction of sp³-hybridized carbons (Fsp3) is 0.417. The van der Waals surface area contributed by atoms with E-state index in [1.165, 1.54) is 66.8 Å². The number of piperazine rings is 1. The van der Waals surface area contributed by atoms with E-state index in [1.54, 1.807) is 0 Å². The van der Waals surface area contributed by atoms with Gasteiger partial charge in [0.1, 0.15) is 63.8 Å². The Bertz CT molecular complexity index is 2180. The van der Waals surface area contributed by atoms with Crippen LogP contribution in [0.15, 0.2) is 47.2 Å². The van der Waals surface area contributed by atoms with Gasteiger partial charge in [0.05, 0.1) is 116 Å². The van der Waals surface area contributed by atoms with Gasteiger partial charge < -0.3 is 34.3 Å². The molecule has 2 N–H and O–H groups in total. The number of anilines is 3. The largest absolute Gasteiger partial charge is 0.506 e. The second-order valence-electron chi connectivity index (χ2n) is 14.3. The van der Waals surface area contributed by atoms with Gasteiger partial charge in [0.25, 0.3) is 5.89 Å². The summed E-state index contributed by atoms with van der Waals surface area (Å²) in [7, 11) is 118. The number of rotatable bonds is 10. The summed E-state index contributed by atoms with van der Waals surface area (Å²) in [5.41, 5.74) is 6.62. The van der Waals surface area contributed by atoms with Crippen molar-refractivity contribution in [2.24, 2.45) is 0 Å². The van der Waals surface area contributed by atoms with Crippen LogP contribution in [0.2, 0.25) is 0 Å². The third-order valence-corrected chi connectivity index (χ3v) is 9.86.